The van der Waals surface area contributed by atoms with Crippen molar-refractivity contribution in [3.8, 4) is 5.75 Å². The molecule has 1 atom stereocenters. The predicted molar refractivity (Wildman–Crippen MR) is 113 cm³/mol. The highest BCUT2D eigenvalue weighted by Gasteiger charge is 2.30. The number of carbonyl (C=O) groups is 1. The topological polar surface area (TPSA) is 75.7 Å². The van der Waals surface area contributed by atoms with Crippen molar-refractivity contribution in [1.29, 1.82) is 0 Å². The van der Waals surface area contributed by atoms with Crippen LogP contribution in [-0.4, -0.2) is 39.8 Å². The van der Waals surface area contributed by atoms with Crippen LogP contribution < -0.4 is 14.4 Å². The molecular formula is C19H22Cl2N2O4S. The number of ether oxygens (including phenoxy) is 1. The van der Waals surface area contributed by atoms with Crippen LogP contribution in [0.3, 0.4) is 0 Å². The van der Waals surface area contributed by atoms with Gasteiger partial charge in [-0.2, -0.15) is 0 Å². The first-order chi connectivity index (χ1) is 13.1. The second-order valence-corrected chi connectivity index (χ2v) is 8.99. The van der Waals surface area contributed by atoms with Crippen molar-refractivity contribution in [3.63, 3.8) is 0 Å². The van der Waals surface area contributed by atoms with Crippen molar-refractivity contribution >= 4 is 44.8 Å². The highest BCUT2D eigenvalue weighted by molar-refractivity contribution is 7.92. The van der Waals surface area contributed by atoms with Crippen LogP contribution in [0.15, 0.2) is 42.5 Å². The summed E-state index contributed by atoms with van der Waals surface area (Å²) >= 11 is 12.1. The van der Waals surface area contributed by atoms with E-state index in [1.165, 1.54) is 19.1 Å². The molecule has 28 heavy (non-hydrogen) atoms. The van der Waals surface area contributed by atoms with Gasteiger partial charge in [-0.25, -0.2) is 8.42 Å². The minimum Gasteiger partial charge on any atom is -0.492 e. The summed E-state index contributed by atoms with van der Waals surface area (Å²) in [5.41, 5.74) is 1.27. The lowest BCUT2D eigenvalue weighted by molar-refractivity contribution is -0.121. The highest BCUT2D eigenvalue weighted by Crippen LogP contribution is 2.32. The molecule has 0 fully saturated rings. The first kappa shape index (κ1) is 22.3. The van der Waals surface area contributed by atoms with Gasteiger partial charge >= 0.3 is 0 Å². The number of nitrogens with one attached hydrogen (secondary N) is 1. The van der Waals surface area contributed by atoms with Gasteiger partial charge < -0.3 is 10.1 Å². The minimum absolute atomic E-state index is 0.148. The highest BCUT2D eigenvalue weighted by atomic mass is 35.5. The molecule has 1 amide bonds. The van der Waals surface area contributed by atoms with Crippen LogP contribution in [0, 0.1) is 6.92 Å². The van der Waals surface area contributed by atoms with Gasteiger partial charge in [0.1, 0.15) is 18.4 Å². The van der Waals surface area contributed by atoms with Crippen molar-refractivity contribution in [2.24, 2.45) is 0 Å². The third kappa shape index (κ3) is 6.02. The van der Waals surface area contributed by atoms with Gasteiger partial charge in [0.15, 0.2) is 0 Å². The Hall–Kier alpha value is -1.96. The monoisotopic (exact) mass is 444 g/mol. The van der Waals surface area contributed by atoms with Gasteiger partial charge in [0.25, 0.3) is 0 Å². The molecule has 9 heteroatoms. The summed E-state index contributed by atoms with van der Waals surface area (Å²) in [6, 6.07) is 10.9. The number of nitrogens with zero attached hydrogens (tertiary/aromatic N) is 1. The van der Waals surface area contributed by atoms with E-state index in [0.29, 0.717) is 10.8 Å². The number of benzene rings is 2. The number of sulfonamides is 1. The van der Waals surface area contributed by atoms with E-state index in [1.54, 1.807) is 6.07 Å². The van der Waals surface area contributed by atoms with Crippen molar-refractivity contribution < 1.29 is 17.9 Å². The van der Waals surface area contributed by atoms with Crippen LogP contribution in [-0.2, 0) is 14.8 Å². The van der Waals surface area contributed by atoms with Crippen LogP contribution in [0.25, 0.3) is 0 Å². The molecule has 0 unspecified atom stereocenters. The van der Waals surface area contributed by atoms with Gasteiger partial charge in [-0.15, -0.1) is 0 Å². The van der Waals surface area contributed by atoms with E-state index in [2.05, 4.69) is 5.32 Å². The minimum atomic E-state index is -3.78. The summed E-state index contributed by atoms with van der Waals surface area (Å²) in [6.07, 6.45) is 1.01. The molecule has 6 nitrogen and oxygen atoms in total. The third-order valence-electron chi connectivity index (χ3n) is 3.93. The Morgan fingerprint density at radius 1 is 1.18 bits per heavy atom. The van der Waals surface area contributed by atoms with Crippen molar-refractivity contribution in [1.82, 2.24) is 5.32 Å². The molecule has 152 valence electrons. The Kier molecular flexibility index (Phi) is 7.57. The molecule has 0 saturated heterocycles. The molecule has 2 aromatic carbocycles. The average Bonchev–Trinajstić information content (AvgIpc) is 2.62. The van der Waals surface area contributed by atoms with E-state index in [1.807, 2.05) is 31.2 Å². The molecule has 0 radical (unpaired) electrons. The van der Waals surface area contributed by atoms with Crippen molar-refractivity contribution in [2.45, 2.75) is 19.9 Å². The third-order valence-corrected chi connectivity index (χ3v) is 5.71. The number of hydrogen-bond donors (Lipinski definition) is 1. The molecule has 0 spiro atoms. The van der Waals surface area contributed by atoms with E-state index < -0.39 is 22.0 Å². The number of halogens is 2. The molecule has 0 aliphatic carbocycles. The maximum Gasteiger partial charge on any atom is 0.243 e. The SMILES string of the molecule is Cc1ccc(OCCNC(=O)[C@H](C)N(c2cc(Cl)ccc2Cl)S(C)(=O)=O)cc1. The smallest absolute Gasteiger partial charge is 0.243 e. The second-order valence-electron chi connectivity index (χ2n) is 6.28. The molecule has 1 N–H and O–H groups in total. The Bertz CT molecular complexity index is 933. The fourth-order valence-electron chi connectivity index (χ4n) is 2.56. The molecule has 0 aliphatic rings. The predicted octanol–water partition coefficient (Wildman–Crippen LogP) is 3.65. The molecule has 0 saturated carbocycles. The number of amides is 1. The van der Waals surface area contributed by atoms with E-state index in [0.717, 1.165) is 16.1 Å². The Labute approximate surface area is 175 Å². The van der Waals surface area contributed by atoms with Crippen LogP contribution in [0.4, 0.5) is 5.69 Å². The van der Waals surface area contributed by atoms with E-state index >= 15 is 0 Å². The number of rotatable bonds is 8. The van der Waals surface area contributed by atoms with Gasteiger partial charge in [-0.1, -0.05) is 40.9 Å². The molecular weight excluding hydrogens is 423 g/mol. The zero-order valence-electron chi connectivity index (χ0n) is 15.8. The lowest BCUT2D eigenvalue weighted by atomic mass is 10.2. The zero-order chi connectivity index (χ0) is 20.9. The maximum atomic E-state index is 12.5. The summed E-state index contributed by atoms with van der Waals surface area (Å²) < 4.78 is 31.1. The van der Waals surface area contributed by atoms with E-state index in [4.69, 9.17) is 27.9 Å². The molecule has 2 rings (SSSR count). The fourth-order valence-corrected chi connectivity index (χ4v) is 4.16. The number of carbonyl (C=O) groups excluding carboxylic acids is 1. The van der Waals surface area contributed by atoms with Gasteiger partial charge in [0, 0.05) is 5.02 Å². The number of hydrogen-bond acceptors (Lipinski definition) is 4. The van der Waals surface area contributed by atoms with E-state index in [-0.39, 0.29) is 23.9 Å². The Morgan fingerprint density at radius 2 is 1.82 bits per heavy atom. The van der Waals surface area contributed by atoms with Crippen molar-refractivity contribution in [3.05, 3.63) is 58.1 Å². The fraction of sp³-hybridized carbons (Fsp3) is 0.316. The molecule has 0 bridgehead atoms. The normalized spacial score (nSPS) is 12.3. The second kappa shape index (κ2) is 9.49. The first-order valence-corrected chi connectivity index (χ1v) is 11.1. The van der Waals surface area contributed by atoms with Crippen LogP contribution in [0.1, 0.15) is 12.5 Å². The van der Waals surface area contributed by atoms with Crippen LogP contribution in [0.5, 0.6) is 5.75 Å². The summed E-state index contributed by atoms with van der Waals surface area (Å²) in [5.74, 6) is 0.213. The number of aryl methyl sites for hydroxylation is 1. The molecule has 0 aromatic heterocycles. The van der Waals surface area contributed by atoms with Crippen molar-refractivity contribution in [2.75, 3.05) is 23.7 Å². The Morgan fingerprint density at radius 3 is 2.43 bits per heavy atom. The standard InChI is InChI=1S/C19H22Cl2N2O4S/c1-13-4-7-16(8-5-13)27-11-10-22-19(24)14(2)23(28(3,25)26)18-12-15(20)6-9-17(18)21/h4-9,12,14H,10-11H2,1-3H3,(H,22,24)/t14-/m0/s1. The lowest BCUT2D eigenvalue weighted by Gasteiger charge is -2.29. The van der Waals surface area contributed by atoms with Gasteiger partial charge in [-0.3, -0.25) is 9.10 Å². The average molecular weight is 445 g/mol. The molecule has 0 aliphatic heterocycles. The van der Waals surface area contributed by atoms with Gasteiger partial charge in [0.2, 0.25) is 15.9 Å². The summed E-state index contributed by atoms with van der Waals surface area (Å²) in [4.78, 5) is 12.5. The van der Waals surface area contributed by atoms with E-state index in [9.17, 15) is 13.2 Å². The first-order valence-electron chi connectivity index (χ1n) is 8.51. The summed E-state index contributed by atoms with van der Waals surface area (Å²) in [5, 5.41) is 3.16. The van der Waals surface area contributed by atoms with Crippen LogP contribution in [0.2, 0.25) is 10.0 Å². The molecule has 0 heterocycles. The van der Waals surface area contributed by atoms with Gasteiger partial charge in [-0.05, 0) is 44.2 Å². The quantitative estimate of drug-likeness (QED) is 0.630. The Balaban J connectivity index is 2.03. The number of anilines is 1. The zero-order valence-corrected chi connectivity index (χ0v) is 18.1. The summed E-state index contributed by atoms with van der Waals surface area (Å²) in [6.45, 7) is 3.93. The largest absolute Gasteiger partial charge is 0.492 e. The maximum absolute atomic E-state index is 12.5. The van der Waals surface area contributed by atoms with Crippen LogP contribution >= 0.6 is 23.2 Å². The lowest BCUT2D eigenvalue weighted by Crippen LogP contribution is -2.48. The summed E-state index contributed by atoms with van der Waals surface area (Å²) in [7, 11) is -3.78. The molecule has 2 aromatic rings. The van der Waals surface area contributed by atoms with Gasteiger partial charge in [0.05, 0.1) is 23.5 Å².